The second-order valence-electron chi connectivity index (χ2n) is 8.04. The molecule has 0 aliphatic heterocycles. The predicted molar refractivity (Wildman–Crippen MR) is 88.1 cm³/mol. The van der Waals surface area contributed by atoms with Crippen molar-refractivity contribution in [2.75, 3.05) is 13.6 Å². The van der Waals surface area contributed by atoms with Gasteiger partial charge in [0.05, 0.1) is 0 Å². The summed E-state index contributed by atoms with van der Waals surface area (Å²) in [5.41, 5.74) is 0.546. The maximum atomic E-state index is 3.83. The molecule has 2 aliphatic carbocycles. The van der Waals surface area contributed by atoms with E-state index in [4.69, 9.17) is 0 Å². The fourth-order valence-corrected chi connectivity index (χ4v) is 3.69. The summed E-state index contributed by atoms with van der Waals surface area (Å²) in [5.74, 6) is 0.942. The van der Waals surface area contributed by atoms with Crippen LogP contribution in [0.5, 0.6) is 0 Å². The second kappa shape index (κ2) is 6.79. The third kappa shape index (κ3) is 4.21. The molecule has 2 heteroatoms. The minimum absolute atomic E-state index is 0.546. The smallest absolute Gasteiger partial charge is 0.0192 e. The van der Waals surface area contributed by atoms with Gasteiger partial charge in [-0.3, -0.25) is 4.90 Å². The van der Waals surface area contributed by atoms with Gasteiger partial charge >= 0.3 is 0 Å². The normalized spacial score (nSPS) is 29.7. The molecule has 0 radical (unpaired) electrons. The largest absolute Gasteiger partial charge is 0.312 e. The van der Waals surface area contributed by atoms with Gasteiger partial charge in [0.2, 0.25) is 0 Å². The van der Waals surface area contributed by atoms with E-state index in [0.29, 0.717) is 11.5 Å². The first-order chi connectivity index (χ1) is 9.44. The van der Waals surface area contributed by atoms with Crippen LogP contribution in [-0.4, -0.2) is 36.6 Å². The van der Waals surface area contributed by atoms with Gasteiger partial charge in [0.25, 0.3) is 0 Å². The average Bonchev–Trinajstić information content (AvgIpc) is 3.29. The van der Waals surface area contributed by atoms with E-state index in [1.807, 2.05) is 0 Å². The fraction of sp³-hybridized carbons (Fsp3) is 1.00. The minimum atomic E-state index is 0.546. The van der Waals surface area contributed by atoms with Crippen LogP contribution in [0.15, 0.2) is 0 Å². The summed E-state index contributed by atoms with van der Waals surface area (Å²) in [6.45, 7) is 10.8. The molecule has 1 unspecified atom stereocenters. The van der Waals surface area contributed by atoms with Gasteiger partial charge in [0.15, 0.2) is 0 Å². The Bertz CT molecular complexity index is 288. The Morgan fingerprint density at radius 1 is 1.10 bits per heavy atom. The summed E-state index contributed by atoms with van der Waals surface area (Å²) in [6, 6.07) is 2.34. The van der Waals surface area contributed by atoms with Crippen molar-refractivity contribution in [1.29, 1.82) is 0 Å². The number of rotatable bonds is 7. The first-order valence-electron chi connectivity index (χ1n) is 8.89. The van der Waals surface area contributed by atoms with Crippen molar-refractivity contribution in [3.8, 4) is 0 Å². The highest BCUT2D eigenvalue weighted by Gasteiger charge is 2.32. The van der Waals surface area contributed by atoms with Crippen molar-refractivity contribution in [1.82, 2.24) is 10.2 Å². The summed E-state index contributed by atoms with van der Waals surface area (Å²) >= 11 is 0. The van der Waals surface area contributed by atoms with Crippen molar-refractivity contribution in [3.63, 3.8) is 0 Å². The maximum absolute atomic E-state index is 3.83. The number of hydrogen-bond donors (Lipinski definition) is 1. The van der Waals surface area contributed by atoms with Crippen LogP contribution in [0.3, 0.4) is 0 Å². The van der Waals surface area contributed by atoms with Gasteiger partial charge in [-0.2, -0.15) is 0 Å². The predicted octanol–water partition coefficient (Wildman–Crippen LogP) is 4.05. The monoisotopic (exact) mass is 280 g/mol. The average molecular weight is 280 g/mol. The van der Waals surface area contributed by atoms with Crippen LogP contribution in [0.4, 0.5) is 0 Å². The Kier molecular flexibility index (Phi) is 5.53. The number of likely N-dealkylation sites (N-methyl/N-ethyl adjacent to an activating group) is 1. The van der Waals surface area contributed by atoms with Gasteiger partial charge in [-0.25, -0.2) is 0 Å². The molecule has 0 heterocycles. The summed E-state index contributed by atoms with van der Waals surface area (Å²) in [5, 5.41) is 3.83. The highest BCUT2D eigenvalue weighted by Crippen LogP contribution is 2.40. The molecular weight excluding hydrogens is 244 g/mol. The molecule has 2 fully saturated rings. The highest BCUT2D eigenvalue weighted by atomic mass is 15.2. The lowest BCUT2D eigenvalue weighted by Crippen LogP contribution is -2.44. The molecule has 0 saturated heterocycles. The summed E-state index contributed by atoms with van der Waals surface area (Å²) in [7, 11) is 2.30. The van der Waals surface area contributed by atoms with Crippen LogP contribution < -0.4 is 5.32 Å². The third-order valence-electron chi connectivity index (χ3n) is 6.26. The van der Waals surface area contributed by atoms with E-state index >= 15 is 0 Å². The van der Waals surface area contributed by atoms with E-state index in [1.54, 1.807) is 0 Å². The van der Waals surface area contributed by atoms with E-state index < -0.39 is 0 Å². The molecule has 0 bridgehead atoms. The Morgan fingerprint density at radius 3 is 2.20 bits per heavy atom. The molecule has 0 aromatic carbocycles. The molecule has 0 spiro atoms. The molecular formula is C18H36N2. The topological polar surface area (TPSA) is 15.3 Å². The maximum Gasteiger partial charge on any atom is 0.0192 e. The summed E-state index contributed by atoms with van der Waals surface area (Å²) < 4.78 is 0. The summed E-state index contributed by atoms with van der Waals surface area (Å²) in [4.78, 5) is 2.57. The van der Waals surface area contributed by atoms with E-state index in [9.17, 15) is 0 Å². The summed E-state index contributed by atoms with van der Waals surface area (Å²) in [6.07, 6.45) is 9.76. The first-order valence-corrected chi connectivity index (χ1v) is 8.89. The zero-order chi connectivity index (χ0) is 14.8. The molecule has 0 amide bonds. The molecule has 0 aromatic heterocycles. The lowest BCUT2D eigenvalue weighted by molar-refractivity contribution is 0.133. The Balaban J connectivity index is 1.66. The lowest BCUT2D eigenvalue weighted by Gasteiger charge is -2.39. The van der Waals surface area contributed by atoms with Crippen LogP contribution in [-0.2, 0) is 0 Å². The van der Waals surface area contributed by atoms with Crippen molar-refractivity contribution < 1.29 is 0 Å². The van der Waals surface area contributed by atoms with Gasteiger partial charge < -0.3 is 5.32 Å². The van der Waals surface area contributed by atoms with Gasteiger partial charge in [0.1, 0.15) is 0 Å². The van der Waals surface area contributed by atoms with Gasteiger partial charge in [-0.1, -0.05) is 27.2 Å². The van der Waals surface area contributed by atoms with Gasteiger partial charge in [-0.05, 0) is 63.8 Å². The Labute approximate surface area is 126 Å². The van der Waals surface area contributed by atoms with Crippen molar-refractivity contribution >= 4 is 0 Å². The fourth-order valence-electron chi connectivity index (χ4n) is 3.69. The van der Waals surface area contributed by atoms with Crippen molar-refractivity contribution in [3.05, 3.63) is 0 Å². The quantitative estimate of drug-likeness (QED) is 0.757. The van der Waals surface area contributed by atoms with E-state index in [0.717, 1.165) is 18.0 Å². The van der Waals surface area contributed by atoms with E-state index in [-0.39, 0.29) is 0 Å². The van der Waals surface area contributed by atoms with Crippen molar-refractivity contribution in [2.45, 2.75) is 90.8 Å². The Morgan fingerprint density at radius 2 is 1.70 bits per heavy atom. The van der Waals surface area contributed by atoms with Gasteiger partial charge in [-0.15, -0.1) is 0 Å². The second-order valence-corrected chi connectivity index (χ2v) is 8.04. The van der Waals surface area contributed by atoms with Crippen LogP contribution in [0.25, 0.3) is 0 Å². The lowest BCUT2D eigenvalue weighted by atomic mass is 9.69. The van der Waals surface area contributed by atoms with Crippen LogP contribution in [0.1, 0.15) is 72.6 Å². The minimum Gasteiger partial charge on any atom is -0.312 e. The molecule has 1 atom stereocenters. The van der Waals surface area contributed by atoms with Crippen LogP contribution in [0.2, 0.25) is 0 Å². The molecule has 2 aliphatic rings. The first kappa shape index (κ1) is 16.3. The SMILES string of the molecule is CCC(C)(C)C1CCC(NCC(C)N(C)C2CC2)CC1. The molecule has 20 heavy (non-hydrogen) atoms. The van der Waals surface area contributed by atoms with Crippen LogP contribution in [0, 0.1) is 11.3 Å². The molecule has 118 valence electrons. The highest BCUT2D eigenvalue weighted by molar-refractivity contribution is 4.88. The van der Waals surface area contributed by atoms with E-state index in [1.165, 1.54) is 51.5 Å². The van der Waals surface area contributed by atoms with Crippen molar-refractivity contribution in [2.24, 2.45) is 11.3 Å². The molecule has 1 N–H and O–H groups in total. The van der Waals surface area contributed by atoms with Gasteiger partial charge in [0, 0.05) is 24.7 Å². The standard InChI is InChI=1S/C18H36N2/c1-6-18(3,4)15-7-9-16(10-8-15)19-13-14(2)20(5)17-11-12-17/h14-17,19H,6-13H2,1-5H3. The zero-order valence-corrected chi connectivity index (χ0v) is 14.4. The third-order valence-corrected chi connectivity index (χ3v) is 6.26. The van der Waals surface area contributed by atoms with Crippen LogP contribution >= 0.6 is 0 Å². The van der Waals surface area contributed by atoms with E-state index in [2.05, 4.69) is 45.0 Å². The molecule has 2 saturated carbocycles. The molecule has 2 nitrogen and oxygen atoms in total. The Hall–Kier alpha value is -0.0800. The number of nitrogens with one attached hydrogen (secondary N) is 1. The number of hydrogen-bond acceptors (Lipinski definition) is 2. The molecule has 0 aromatic rings. The zero-order valence-electron chi connectivity index (χ0n) is 14.4. The number of nitrogens with zero attached hydrogens (tertiary/aromatic N) is 1. The molecule has 2 rings (SSSR count).